The molecule has 0 unspecified atom stereocenters. The average molecular weight is 402 g/mol. The van der Waals surface area contributed by atoms with Gasteiger partial charge in [0.25, 0.3) is 6.01 Å². The molecule has 1 amide bonds. The van der Waals surface area contributed by atoms with Gasteiger partial charge in [0.1, 0.15) is 17.7 Å². The van der Waals surface area contributed by atoms with Gasteiger partial charge in [-0.15, -0.1) is 0 Å². The number of aromatic nitrogens is 3. The van der Waals surface area contributed by atoms with Gasteiger partial charge in [-0.1, -0.05) is 0 Å². The fourth-order valence-electron chi connectivity index (χ4n) is 3.69. The highest BCUT2D eigenvalue weighted by Crippen LogP contribution is 2.29. The monoisotopic (exact) mass is 402 g/mol. The maximum absolute atomic E-state index is 11.1. The van der Waals surface area contributed by atoms with E-state index < -0.39 is 0 Å². The molecule has 0 bridgehead atoms. The van der Waals surface area contributed by atoms with Crippen LogP contribution in [0.2, 0.25) is 0 Å². The van der Waals surface area contributed by atoms with E-state index in [-0.39, 0.29) is 24.2 Å². The normalized spacial score (nSPS) is 23.0. The van der Waals surface area contributed by atoms with Crippen LogP contribution in [0.3, 0.4) is 0 Å². The van der Waals surface area contributed by atoms with Crippen molar-refractivity contribution in [2.24, 2.45) is 7.05 Å². The maximum Gasteiger partial charge on any atom is 0.298 e. The molecule has 4 rings (SSSR count). The first-order valence-electron chi connectivity index (χ1n) is 10.5. The Bertz CT molecular complexity index is 856. The Hall–Kier alpha value is -2.35. The van der Waals surface area contributed by atoms with E-state index in [0.29, 0.717) is 24.6 Å². The van der Waals surface area contributed by atoms with Crippen LogP contribution >= 0.6 is 0 Å². The minimum atomic E-state index is -0.0265. The van der Waals surface area contributed by atoms with Gasteiger partial charge in [-0.2, -0.15) is 9.97 Å². The van der Waals surface area contributed by atoms with E-state index in [0.717, 1.165) is 49.7 Å². The van der Waals surface area contributed by atoms with Crippen LogP contribution in [0.4, 0.5) is 0 Å². The molecule has 0 radical (unpaired) electrons. The van der Waals surface area contributed by atoms with E-state index in [2.05, 4.69) is 15.3 Å². The van der Waals surface area contributed by atoms with E-state index in [4.69, 9.17) is 14.2 Å². The Kier molecular flexibility index (Phi) is 5.89. The molecule has 2 aliphatic rings. The van der Waals surface area contributed by atoms with E-state index >= 15 is 0 Å². The first-order valence-corrected chi connectivity index (χ1v) is 10.5. The molecule has 158 valence electrons. The number of fused-ring (bicyclic) bond motifs is 1. The molecule has 2 aromatic heterocycles. The number of amides is 1. The molecule has 0 saturated heterocycles. The van der Waals surface area contributed by atoms with Crippen molar-refractivity contribution in [2.45, 2.75) is 76.7 Å². The third-order valence-electron chi connectivity index (χ3n) is 5.39. The van der Waals surface area contributed by atoms with Crippen LogP contribution in [0, 0.1) is 0 Å². The Morgan fingerprint density at radius 2 is 1.76 bits per heavy atom. The summed E-state index contributed by atoms with van der Waals surface area (Å²) in [6.07, 6.45) is 6.62. The zero-order chi connectivity index (χ0) is 20.4. The van der Waals surface area contributed by atoms with Crippen molar-refractivity contribution in [3.63, 3.8) is 0 Å². The lowest BCUT2D eigenvalue weighted by Gasteiger charge is -2.29. The summed E-state index contributed by atoms with van der Waals surface area (Å²) >= 11 is 0. The molecule has 0 aromatic carbocycles. The third kappa shape index (κ3) is 5.18. The molecule has 2 aliphatic carbocycles. The third-order valence-corrected chi connectivity index (χ3v) is 5.39. The largest absolute Gasteiger partial charge is 0.474 e. The molecule has 0 aliphatic heterocycles. The molecule has 2 aromatic rings. The van der Waals surface area contributed by atoms with Gasteiger partial charge in [-0.3, -0.25) is 9.36 Å². The number of carbonyl (C=O) groups is 1. The summed E-state index contributed by atoms with van der Waals surface area (Å²) < 4.78 is 19.8. The number of nitrogens with one attached hydrogen (secondary N) is 1. The molecule has 29 heavy (non-hydrogen) atoms. The van der Waals surface area contributed by atoms with Crippen LogP contribution in [0.5, 0.6) is 11.9 Å². The number of ether oxygens (including phenoxy) is 3. The molecule has 2 saturated carbocycles. The fourth-order valence-corrected chi connectivity index (χ4v) is 3.69. The van der Waals surface area contributed by atoms with Crippen LogP contribution < -0.4 is 14.8 Å². The molecule has 8 heteroatoms. The summed E-state index contributed by atoms with van der Waals surface area (Å²) in [6, 6.07) is 4.44. The van der Waals surface area contributed by atoms with Crippen molar-refractivity contribution in [1.29, 1.82) is 0 Å². The predicted octanol–water partition coefficient (Wildman–Crippen LogP) is 2.74. The van der Waals surface area contributed by atoms with Gasteiger partial charge in [-0.05, 0) is 51.5 Å². The summed E-state index contributed by atoms with van der Waals surface area (Å²) in [5.74, 6) is 0.627. The lowest BCUT2D eigenvalue weighted by atomic mass is 9.95. The average Bonchev–Trinajstić information content (AvgIpc) is 3.45. The first kappa shape index (κ1) is 19.9. The van der Waals surface area contributed by atoms with E-state index in [1.54, 1.807) is 0 Å². The minimum Gasteiger partial charge on any atom is -0.474 e. The number of aryl methyl sites for hydroxylation is 1. The van der Waals surface area contributed by atoms with Gasteiger partial charge in [0.2, 0.25) is 11.8 Å². The molecular formula is C21H30N4O4. The van der Waals surface area contributed by atoms with E-state index in [9.17, 15) is 4.79 Å². The second kappa shape index (κ2) is 8.57. The topological polar surface area (TPSA) is 87.5 Å². The molecule has 2 fully saturated rings. The summed E-state index contributed by atoms with van der Waals surface area (Å²) in [7, 11) is 1.93. The van der Waals surface area contributed by atoms with Crippen molar-refractivity contribution in [3.05, 3.63) is 12.1 Å². The van der Waals surface area contributed by atoms with Crippen molar-refractivity contribution in [2.75, 3.05) is 6.61 Å². The van der Waals surface area contributed by atoms with E-state index in [1.807, 2.05) is 30.7 Å². The van der Waals surface area contributed by atoms with Gasteiger partial charge < -0.3 is 19.5 Å². The molecule has 2 heterocycles. The highest BCUT2D eigenvalue weighted by atomic mass is 16.5. The Labute approximate surface area is 170 Å². The zero-order valence-electron chi connectivity index (χ0n) is 17.4. The quantitative estimate of drug-likeness (QED) is 0.731. The number of rotatable bonds is 8. The number of nitrogens with zero attached hydrogens (tertiary/aromatic N) is 3. The summed E-state index contributed by atoms with van der Waals surface area (Å²) in [5, 5.41) is 2.85. The van der Waals surface area contributed by atoms with Crippen LogP contribution in [-0.2, 0) is 16.6 Å². The van der Waals surface area contributed by atoms with Gasteiger partial charge >= 0.3 is 0 Å². The van der Waals surface area contributed by atoms with Crippen molar-refractivity contribution in [3.8, 4) is 11.9 Å². The molecule has 1 N–H and O–H groups in total. The van der Waals surface area contributed by atoms with Crippen molar-refractivity contribution in [1.82, 2.24) is 19.9 Å². The highest BCUT2D eigenvalue weighted by Gasteiger charge is 2.26. The summed E-state index contributed by atoms with van der Waals surface area (Å²) in [4.78, 5) is 20.3. The molecular weight excluding hydrogens is 372 g/mol. The second-order valence-corrected chi connectivity index (χ2v) is 8.21. The van der Waals surface area contributed by atoms with Crippen LogP contribution in [-0.4, -0.2) is 51.4 Å². The first-order chi connectivity index (χ1) is 14.0. The van der Waals surface area contributed by atoms with Crippen molar-refractivity contribution >= 4 is 17.1 Å². The molecule has 8 nitrogen and oxygen atoms in total. The zero-order valence-corrected chi connectivity index (χ0v) is 17.4. The number of hydrogen-bond donors (Lipinski definition) is 1. The SMILES string of the molecule is CC(=O)N[C@@H](C)CO[C@H]1CC[C@H](Oc2nc3ccc(OC4CC4)nc3n2C)CC1. The van der Waals surface area contributed by atoms with E-state index in [1.165, 1.54) is 6.92 Å². The lowest BCUT2D eigenvalue weighted by molar-refractivity contribution is -0.120. The second-order valence-electron chi connectivity index (χ2n) is 8.21. The molecule has 0 spiro atoms. The Balaban J connectivity index is 1.29. The number of pyridine rings is 1. The Morgan fingerprint density at radius 1 is 1.10 bits per heavy atom. The number of hydrogen-bond acceptors (Lipinski definition) is 6. The summed E-state index contributed by atoms with van der Waals surface area (Å²) in [5.41, 5.74) is 1.59. The van der Waals surface area contributed by atoms with Gasteiger partial charge in [0.15, 0.2) is 5.65 Å². The minimum absolute atomic E-state index is 0.0265. The number of carbonyl (C=O) groups excluding carboxylic acids is 1. The summed E-state index contributed by atoms with van der Waals surface area (Å²) in [6.45, 7) is 4.02. The standard InChI is InChI=1S/C21H30N4O4/c1-13(22-14(2)26)12-27-15-4-6-17(7-5-15)29-21-23-18-10-11-19(28-16-8-9-16)24-20(18)25(21)3/h10-11,13,15-17H,4-9,12H2,1-3H3,(H,22,26)/t13-,15-,17-/m0/s1. The number of imidazole rings is 1. The van der Waals surface area contributed by atoms with Gasteiger partial charge in [-0.25, -0.2) is 0 Å². The van der Waals surface area contributed by atoms with Gasteiger partial charge in [0, 0.05) is 26.1 Å². The van der Waals surface area contributed by atoms with Crippen LogP contribution in [0.1, 0.15) is 52.4 Å². The lowest BCUT2D eigenvalue weighted by Crippen LogP contribution is -2.37. The fraction of sp³-hybridized carbons (Fsp3) is 0.667. The van der Waals surface area contributed by atoms with Crippen LogP contribution in [0.25, 0.3) is 11.2 Å². The predicted molar refractivity (Wildman–Crippen MR) is 108 cm³/mol. The van der Waals surface area contributed by atoms with Crippen LogP contribution in [0.15, 0.2) is 12.1 Å². The maximum atomic E-state index is 11.1. The Morgan fingerprint density at radius 3 is 2.45 bits per heavy atom. The highest BCUT2D eigenvalue weighted by molar-refractivity contribution is 5.73. The smallest absolute Gasteiger partial charge is 0.298 e. The molecule has 1 atom stereocenters. The van der Waals surface area contributed by atoms with Gasteiger partial charge in [0.05, 0.1) is 12.7 Å². The van der Waals surface area contributed by atoms with Crippen molar-refractivity contribution < 1.29 is 19.0 Å².